The predicted octanol–water partition coefficient (Wildman–Crippen LogP) is 1.54. The van der Waals surface area contributed by atoms with Crippen molar-refractivity contribution in [3.8, 4) is 0 Å². The molecule has 0 fully saturated rings. The van der Waals surface area contributed by atoms with Crippen molar-refractivity contribution in [2.75, 3.05) is 5.32 Å². The molecule has 5 heteroatoms. The highest BCUT2D eigenvalue weighted by Crippen LogP contribution is 2.13. The lowest BCUT2D eigenvalue weighted by atomic mass is 10.1. The van der Waals surface area contributed by atoms with Crippen LogP contribution in [-0.4, -0.2) is 15.7 Å². The number of anilines is 1. The van der Waals surface area contributed by atoms with Crippen molar-refractivity contribution < 1.29 is 4.79 Å². The summed E-state index contributed by atoms with van der Waals surface area (Å²) in [5.74, 6) is -0.239. The molecule has 1 heterocycles. The lowest BCUT2D eigenvalue weighted by Gasteiger charge is -2.11. The summed E-state index contributed by atoms with van der Waals surface area (Å²) in [4.78, 5) is 11.9. The fourth-order valence-electron chi connectivity index (χ4n) is 1.63. The van der Waals surface area contributed by atoms with Crippen LogP contribution in [0.2, 0.25) is 0 Å². The van der Waals surface area contributed by atoms with Gasteiger partial charge in [-0.25, -0.2) is 0 Å². The van der Waals surface area contributed by atoms with E-state index in [1.807, 2.05) is 37.3 Å². The van der Waals surface area contributed by atoms with Crippen molar-refractivity contribution in [1.82, 2.24) is 9.78 Å². The molecule has 0 spiro atoms. The van der Waals surface area contributed by atoms with Gasteiger partial charge in [0.15, 0.2) is 0 Å². The van der Waals surface area contributed by atoms with E-state index in [1.54, 1.807) is 17.1 Å². The van der Waals surface area contributed by atoms with Crippen LogP contribution in [0.5, 0.6) is 0 Å². The van der Waals surface area contributed by atoms with Gasteiger partial charge in [0.25, 0.3) is 0 Å². The maximum Gasteiger partial charge on any atom is 0.245 e. The van der Waals surface area contributed by atoms with Gasteiger partial charge in [0.05, 0.1) is 11.9 Å². The summed E-state index contributed by atoms with van der Waals surface area (Å²) < 4.78 is 1.74. The van der Waals surface area contributed by atoms with Crippen LogP contribution in [0.4, 0.5) is 5.69 Å². The molecule has 2 aromatic rings. The van der Waals surface area contributed by atoms with Crippen LogP contribution in [0, 0.1) is 0 Å². The molecule has 1 aromatic heterocycles. The third-order valence-electron chi connectivity index (χ3n) is 2.67. The molecule has 0 aliphatic rings. The highest BCUT2D eigenvalue weighted by Gasteiger charge is 2.15. The topological polar surface area (TPSA) is 72.9 Å². The number of amides is 1. The molecule has 1 aromatic carbocycles. The maximum atomic E-state index is 11.9. The lowest BCUT2D eigenvalue weighted by Crippen LogP contribution is -2.27. The predicted molar refractivity (Wildman–Crippen MR) is 69.9 cm³/mol. The smallest absolute Gasteiger partial charge is 0.245 e. The zero-order valence-corrected chi connectivity index (χ0v) is 10.2. The minimum Gasteiger partial charge on any atom is -0.322 e. The molecule has 1 amide bonds. The van der Waals surface area contributed by atoms with Crippen LogP contribution in [0.1, 0.15) is 18.5 Å². The van der Waals surface area contributed by atoms with Crippen LogP contribution in [0.15, 0.2) is 42.7 Å². The largest absolute Gasteiger partial charge is 0.322 e. The Morgan fingerprint density at radius 3 is 2.78 bits per heavy atom. The zero-order valence-electron chi connectivity index (χ0n) is 10.2. The third-order valence-corrected chi connectivity index (χ3v) is 2.67. The molecule has 0 aliphatic carbocycles. The van der Waals surface area contributed by atoms with E-state index < -0.39 is 6.04 Å². The Hall–Kier alpha value is -2.14. The number of carbonyl (C=O) groups is 1. The van der Waals surface area contributed by atoms with E-state index in [4.69, 9.17) is 5.73 Å². The minimum atomic E-state index is -0.670. The van der Waals surface area contributed by atoms with Crippen molar-refractivity contribution in [3.05, 3.63) is 48.3 Å². The number of nitrogens with one attached hydrogen (secondary N) is 1. The van der Waals surface area contributed by atoms with Crippen molar-refractivity contribution in [1.29, 1.82) is 0 Å². The first kappa shape index (κ1) is 12.3. The van der Waals surface area contributed by atoms with Crippen molar-refractivity contribution in [2.45, 2.75) is 19.5 Å². The molecule has 94 valence electrons. The van der Waals surface area contributed by atoms with Gasteiger partial charge < -0.3 is 11.1 Å². The minimum absolute atomic E-state index is 0.239. The second-order valence-electron chi connectivity index (χ2n) is 3.96. The fourth-order valence-corrected chi connectivity index (χ4v) is 1.63. The van der Waals surface area contributed by atoms with Crippen molar-refractivity contribution >= 4 is 11.6 Å². The number of aromatic nitrogens is 2. The van der Waals surface area contributed by atoms with Gasteiger partial charge in [0, 0.05) is 12.7 Å². The normalized spacial score (nSPS) is 12.1. The van der Waals surface area contributed by atoms with Crippen molar-refractivity contribution in [2.24, 2.45) is 5.73 Å². The summed E-state index contributed by atoms with van der Waals surface area (Å²) in [5.41, 5.74) is 7.34. The van der Waals surface area contributed by atoms with Gasteiger partial charge in [-0.15, -0.1) is 0 Å². The first-order valence-electron chi connectivity index (χ1n) is 5.84. The second-order valence-corrected chi connectivity index (χ2v) is 3.96. The number of carbonyl (C=O) groups excluding carboxylic acids is 1. The van der Waals surface area contributed by atoms with Gasteiger partial charge in [-0.05, 0) is 12.5 Å². The third kappa shape index (κ3) is 2.75. The Labute approximate surface area is 106 Å². The average molecular weight is 244 g/mol. The molecule has 0 saturated heterocycles. The van der Waals surface area contributed by atoms with E-state index in [0.717, 1.165) is 12.1 Å². The molecule has 1 atom stereocenters. The summed E-state index contributed by atoms with van der Waals surface area (Å²) in [6.45, 7) is 2.74. The van der Waals surface area contributed by atoms with Crippen LogP contribution in [-0.2, 0) is 11.3 Å². The molecule has 0 unspecified atom stereocenters. The zero-order chi connectivity index (χ0) is 13.0. The summed E-state index contributed by atoms with van der Waals surface area (Å²) >= 11 is 0. The number of hydrogen-bond acceptors (Lipinski definition) is 3. The molecule has 0 radical (unpaired) electrons. The standard InChI is InChI=1S/C13H16N4O/c1-2-17-9-11(8-15-17)16-13(18)12(14)10-6-4-3-5-7-10/h3-9,12H,2,14H2,1H3,(H,16,18)/t12-/m0/s1. The van der Waals surface area contributed by atoms with E-state index in [9.17, 15) is 4.79 Å². The Kier molecular flexibility index (Phi) is 3.74. The second kappa shape index (κ2) is 5.46. The first-order chi connectivity index (χ1) is 8.70. The molecule has 2 rings (SSSR count). The average Bonchev–Trinajstić information content (AvgIpc) is 2.86. The molecule has 5 nitrogen and oxygen atoms in total. The Morgan fingerprint density at radius 2 is 2.17 bits per heavy atom. The summed E-state index contributed by atoms with van der Waals surface area (Å²) in [7, 11) is 0. The Balaban J connectivity index is 2.04. The first-order valence-corrected chi connectivity index (χ1v) is 5.84. The van der Waals surface area contributed by atoms with E-state index in [-0.39, 0.29) is 5.91 Å². The highest BCUT2D eigenvalue weighted by atomic mass is 16.2. The molecule has 18 heavy (non-hydrogen) atoms. The number of rotatable bonds is 4. The fraction of sp³-hybridized carbons (Fsp3) is 0.231. The van der Waals surface area contributed by atoms with Gasteiger partial charge >= 0.3 is 0 Å². The highest BCUT2D eigenvalue weighted by molar-refractivity contribution is 5.95. The number of aryl methyl sites for hydroxylation is 1. The molecular weight excluding hydrogens is 228 g/mol. The van der Waals surface area contributed by atoms with E-state index in [1.165, 1.54) is 0 Å². The molecule has 0 bridgehead atoms. The molecular formula is C13H16N4O. The van der Waals surface area contributed by atoms with Gasteiger partial charge in [-0.3, -0.25) is 9.48 Å². The van der Waals surface area contributed by atoms with Gasteiger partial charge in [-0.1, -0.05) is 30.3 Å². The van der Waals surface area contributed by atoms with E-state index in [2.05, 4.69) is 10.4 Å². The number of benzene rings is 1. The summed E-state index contributed by atoms with van der Waals surface area (Å²) in [5, 5.41) is 6.83. The monoisotopic (exact) mass is 244 g/mol. The maximum absolute atomic E-state index is 11.9. The van der Waals surface area contributed by atoms with E-state index >= 15 is 0 Å². The Morgan fingerprint density at radius 1 is 1.44 bits per heavy atom. The lowest BCUT2D eigenvalue weighted by molar-refractivity contribution is -0.117. The summed E-state index contributed by atoms with van der Waals surface area (Å²) in [6.07, 6.45) is 3.38. The number of nitrogens with zero attached hydrogens (tertiary/aromatic N) is 2. The molecule has 0 saturated carbocycles. The number of nitrogens with two attached hydrogens (primary N) is 1. The Bertz CT molecular complexity index is 521. The quantitative estimate of drug-likeness (QED) is 0.856. The van der Waals surface area contributed by atoms with Gasteiger partial charge in [-0.2, -0.15) is 5.10 Å². The van der Waals surface area contributed by atoms with Gasteiger partial charge in [0.2, 0.25) is 5.91 Å². The van der Waals surface area contributed by atoms with E-state index in [0.29, 0.717) is 5.69 Å². The number of hydrogen-bond donors (Lipinski definition) is 2. The molecule has 3 N–H and O–H groups in total. The van der Waals surface area contributed by atoms with Crippen LogP contribution < -0.4 is 11.1 Å². The van der Waals surface area contributed by atoms with Crippen LogP contribution >= 0.6 is 0 Å². The summed E-state index contributed by atoms with van der Waals surface area (Å²) in [6, 6.07) is 8.60. The SMILES string of the molecule is CCn1cc(NC(=O)[C@@H](N)c2ccccc2)cn1. The van der Waals surface area contributed by atoms with Gasteiger partial charge in [0.1, 0.15) is 6.04 Å². The van der Waals surface area contributed by atoms with Crippen LogP contribution in [0.25, 0.3) is 0 Å². The van der Waals surface area contributed by atoms with Crippen LogP contribution in [0.3, 0.4) is 0 Å². The van der Waals surface area contributed by atoms with Crippen molar-refractivity contribution in [3.63, 3.8) is 0 Å². The molecule has 0 aliphatic heterocycles.